The van der Waals surface area contributed by atoms with Crippen LogP contribution in [0, 0.1) is 0 Å². The van der Waals surface area contributed by atoms with Gasteiger partial charge in [-0.25, -0.2) is 4.99 Å². The Labute approximate surface area is 167 Å². The Morgan fingerprint density at radius 1 is 1.14 bits per heavy atom. The van der Waals surface area contributed by atoms with Crippen molar-refractivity contribution in [1.82, 2.24) is 4.57 Å². The van der Waals surface area contributed by atoms with Crippen molar-refractivity contribution in [2.45, 2.75) is 13.6 Å². The fourth-order valence-electron chi connectivity index (χ4n) is 3.02. The number of fused-ring (bicyclic) bond motifs is 1. The van der Waals surface area contributed by atoms with E-state index in [9.17, 15) is 4.79 Å². The van der Waals surface area contributed by atoms with Gasteiger partial charge in [-0.3, -0.25) is 9.36 Å². The van der Waals surface area contributed by atoms with E-state index in [-0.39, 0.29) is 5.56 Å². The summed E-state index contributed by atoms with van der Waals surface area (Å²) in [6.45, 7) is 3.64. The number of aromatic nitrogens is 1. The quantitative estimate of drug-likeness (QED) is 0.672. The molecule has 28 heavy (non-hydrogen) atoms. The van der Waals surface area contributed by atoms with E-state index in [1.165, 1.54) is 11.3 Å². The van der Waals surface area contributed by atoms with Crippen LogP contribution < -0.4 is 24.5 Å². The van der Waals surface area contributed by atoms with E-state index in [1.807, 2.05) is 79.7 Å². The smallest absolute Gasteiger partial charge is 0.271 e. The third kappa shape index (κ3) is 3.92. The van der Waals surface area contributed by atoms with Gasteiger partial charge in [0, 0.05) is 5.69 Å². The summed E-state index contributed by atoms with van der Waals surface area (Å²) >= 11 is 1.43. The molecule has 2 heterocycles. The molecule has 0 radical (unpaired) electrons. The Bertz CT molecular complexity index is 1150. The zero-order chi connectivity index (χ0) is 19.3. The van der Waals surface area contributed by atoms with Gasteiger partial charge in [-0.2, -0.15) is 0 Å². The Hall–Kier alpha value is -3.12. The van der Waals surface area contributed by atoms with Crippen molar-refractivity contribution in [3.8, 4) is 5.75 Å². The third-order valence-electron chi connectivity index (χ3n) is 4.43. The number of nitrogens with zero attached hydrogens (tertiary/aromatic N) is 3. The molecule has 0 N–H and O–H groups in total. The highest BCUT2D eigenvalue weighted by Crippen LogP contribution is 2.20. The summed E-state index contributed by atoms with van der Waals surface area (Å²) in [5.41, 5.74) is 2.12. The van der Waals surface area contributed by atoms with Crippen molar-refractivity contribution in [3.05, 3.63) is 85.9 Å². The predicted molar refractivity (Wildman–Crippen MR) is 114 cm³/mol. The average Bonchev–Trinajstić information content (AvgIpc) is 3.05. The highest BCUT2D eigenvalue weighted by Gasteiger charge is 2.15. The van der Waals surface area contributed by atoms with E-state index >= 15 is 0 Å². The van der Waals surface area contributed by atoms with Crippen molar-refractivity contribution in [2.24, 2.45) is 4.99 Å². The van der Waals surface area contributed by atoms with E-state index < -0.39 is 0 Å². The first-order valence-corrected chi connectivity index (χ1v) is 10.0. The van der Waals surface area contributed by atoms with Crippen molar-refractivity contribution in [2.75, 3.05) is 18.2 Å². The van der Waals surface area contributed by atoms with Gasteiger partial charge < -0.3 is 9.64 Å². The maximum atomic E-state index is 12.8. The lowest BCUT2D eigenvalue weighted by molar-refractivity contribution is 0.340. The molecule has 0 spiro atoms. The summed E-state index contributed by atoms with van der Waals surface area (Å²) in [7, 11) is 0. The number of allylic oxidation sites excluding steroid dienone is 1. The Balaban J connectivity index is 1.56. The van der Waals surface area contributed by atoms with Crippen LogP contribution in [-0.2, 0) is 6.67 Å². The van der Waals surface area contributed by atoms with Crippen LogP contribution in [0.5, 0.6) is 5.75 Å². The minimum Gasteiger partial charge on any atom is -0.494 e. The molecule has 5 nitrogen and oxygen atoms in total. The maximum Gasteiger partial charge on any atom is 0.271 e. The fraction of sp³-hybridized carbons (Fsp3) is 0.182. The van der Waals surface area contributed by atoms with Gasteiger partial charge in [0.05, 0.1) is 11.1 Å². The van der Waals surface area contributed by atoms with Crippen LogP contribution in [0.2, 0.25) is 0 Å². The first-order chi connectivity index (χ1) is 13.7. The molecule has 0 bridgehead atoms. The first kappa shape index (κ1) is 18.3. The Kier molecular flexibility index (Phi) is 5.39. The van der Waals surface area contributed by atoms with E-state index in [0.717, 1.165) is 21.8 Å². The van der Waals surface area contributed by atoms with Gasteiger partial charge in [0.2, 0.25) is 0 Å². The summed E-state index contributed by atoms with van der Waals surface area (Å²) in [4.78, 5) is 20.2. The number of rotatable bonds is 5. The van der Waals surface area contributed by atoms with Gasteiger partial charge in [0.1, 0.15) is 19.1 Å². The van der Waals surface area contributed by atoms with E-state index in [0.29, 0.717) is 24.5 Å². The van der Waals surface area contributed by atoms with Crippen LogP contribution >= 0.6 is 11.3 Å². The predicted octanol–water partition coefficient (Wildman–Crippen LogP) is 2.86. The Morgan fingerprint density at radius 3 is 2.68 bits per heavy atom. The van der Waals surface area contributed by atoms with Crippen LogP contribution in [0.25, 0.3) is 12.2 Å². The lowest BCUT2D eigenvalue weighted by Crippen LogP contribution is -2.42. The Morgan fingerprint density at radius 2 is 1.93 bits per heavy atom. The van der Waals surface area contributed by atoms with Crippen molar-refractivity contribution in [1.29, 1.82) is 0 Å². The molecule has 6 heteroatoms. The maximum absolute atomic E-state index is 12.8. The standard InChI is InChI=1S/C22H21N3O2S/c1-2-27-19-13-11-18(12-14-19)24-15-23-22-25(16-24)21(26)20(28-22)10-6-9-17-7-4-3-5-8-17/h3-14H,2,15-16H2,1H3. The molecule has 0 atom stereocenters. The van der Waals surface area contributed by atoms with Crippen LogP contribution in [0.1, 0.15) is 12.5 Å². The molecule has 0 unspecified atom stereocenters. The van der Waals surface area contributed by atoms with Crippen molar-refractivity contribution >= 4 is 29.2 Å². The lowest BCUT2D eigenvalue weighted by atomic mass is 10.2. The topological polar surface area (TPSA) is 46.8 Å². The highest BCUT2D eigenvalue weighted by molar-refractivity contribution is 7.07. The van der Waals surface area contributed by atoms with Crippen molar-refractivity contribution in [3.63, 3.8) is 0 Å². The largest absolute Gasteiger partial charge is 0.494 e. The number of hydrogen-bond acceptors (Lipinski definition) is 5. The highest BCUT2D eigenvalue weighted by atomic mass is 32.1. The molecule has 1 aliphatic rings. The second-order valence-corrected chi connectivity index (χ2v) is 7.34. The summed E-state index contributed by atoms with van der Waals surface area (Å²) in [5.74, 6) is 0.843. The zero-order valence-corrected chi connectivity index (χ0v) is 16.4. The fourth-order valence-corrected chi connectivity index (χ4v) is 3.93. The van der Waals surface area contributed by atoms with Crippen LogP contribution in [-0.4, -0.2) is 17.8 Å². The molecule has 0 amide bonds. The molecule has 1 aliphatic heterocycles. The number of hydrogen-bond donors (Lipinski definition) is 0. The molecule has 4 rings (SSSR count). The molecule has 2 aromatic carbocycles. The third-order valence-corrected chi connectivity index (χ3v) is 5.49. The van der Waals surface area contributed by atoms with Gasteiger partial charge in [-0.1, -0.05) is 53.8 Å². The van der Waals surface area contributed by atoms with Gasteiger partial charge >= 0.3 is 0 Å². The summed E-state index contributed by atoms with van der Waals surface area (Å²) in [6, 6.07) is 17.9. The van der Waals surface area contributed by atoms with Crippen LogP contribution in [0.3, 0.4) is 0 Å². The first-order valence-electron chi connectivity index (χ1n) is 9.20. The zero-order valence-electron chi connectivity index (χ0n) is 15.6. The van der Waals surface area contributed by atoms with Crippen LogP contribution in [0.4, 0.5) is 5.69 Å². The van der Waals surface area contributed by atoms with Gasteiger partial charge in [-0.15, -0.1) is 0 Å². The number of ether oxygens (including phenoxy) is 1. The van der Waals surface area contributed by atoms with Gasteiger partial charge in [0.15, 0.2) is 4.80 Å². The molecule has 142 valence electrons. The number of anilines is 1. The molecular weight excluding hydrogens is 370 g/mol. The average molecular weight is 391 g/mol. The van der Waals surface area contributed by atoms with Crippen LogP contribution in [0.15, 0.2) is 70.5 Å². The molecule has 0 saturated heterocycles. The SMILES string of the molecule is CCOc1ccc(N2CN=c3sc(=CC=Cc4ccccc4)c(=O)n3C2)cc1. The molecule has 0 fully saturated rings. The summed E-state index contributed by atoms with van der Waals surface area (Å²) in [6.07, 6.45) is 5.77. The monoisotopic (exact) mass is 391 g/mol. The minimum absolute atomic E-state index is 0.00269. The molecular formula is C22H21N3O2S. The molecule has 0 saturated carbocycles. The number of thiazole rings is 1. The number of benzene rings is 2. The normalized spacial score (nSPS) is 14.2. The second-order valence-electron chi connectivity index (χ2n) is 6.33. The molecule has 0 aliphatic carbocycles. The van der Waals surface area contributed by atoms with Crippen molar-refractivity contribution < 1.29 is 4.74 Å². The lowest BCUT2D eigenvalue weighted by Gasteiger charge is -2.25. The van der Waals surface area contributed by atoms with E-state index in [1.54, 1.807) is 4.57 Å². The molecule has 1 aromatic heterocycles. The minimum atomic E-state index is -0.00269. The van der Waals surface area contributed by atoms with E-state index in [2.05, 4.69) is 9.89 Å². The summed E-state index contributed by atoms with van der Waals surface area (Å²) < 4.78 is 7.91. The summed E-state index contributed by atoms with van der Waals surface area (Å²) in [5, 5.41) is 0. The second kappa shape index (κ2) is 8.27. The molecule has 3 aromatic rings. The van der Waals surface area contributed by atoms with Gasteiger partial charge in [-0.05, 0) is 42.8 Å². The van der Waals surface area contributed by atoms with E-state index in [4.69, 9.17) is 4.74 Å². The van der Waals surface area contributed by atoms with Gasteiger partial charge in [0.25, 0.3) is 5.56 Å².